The Morgan fingerprint density at radius 2 is 1.89 bits per heavy atom. The van der Waals surface area contributed by atoms with Gasteiger partial charge in [0, 0.05) is 42.5 Å². The van der Waals surface area contributed by atoms with Gasteiger partial charge in [0.15, 0.2) is 6.73 Å². The highest BCUT2D eigenvalue weighted by atomic mass is 32.2. The van der Waals surface area contributed by atoms with Crippen LogP contribution in [0.15, 0.2) is 76.7 Å². The van der Waals surface area contributed by atoms with Crippen molar-refractivity contribution in [3.05, 3.63) is 83.8 Å². The molecule has 2 aromatic carbocycles. The normalized spacial score (nSPS) is 11.1. The van der Waals surface area contributed by atoms with Gasteiger partial charge in [-0.2, -0.15) is 5.10 Å². The number of nitrogens with one attached hydrogen (secondary N) is 1. The zero-order chi connectivity index (χ0) is 24.8. The maximum atomic E-state index is 12.3. The number of ether oxygens (including phenoxy) is 1. The summed E-state index contributed by atoms with van der Waals surface area (Å²) in [5.41, 5.74) is 2.95. The molecule has 35 heavy (non-hydrogen) atoms. The van der Waals surface area contributed by atoms with Crippen LogP contribution in [-0.2, 0) is 11.5 Å². The molecular weight excluding hydrogens is 462 g/mol. The van der Waals surface area contributed by atoms with Crippen LogP contribution in [0.1, 0.15) is 21.7 Å². The number of amides is 2. The molecule has 4 aromatic rings. The fourth-order valence-corrected chi connectivity index (χ4v) is 4.33. The lowest BCUT2D eigenvalue weighted by Crippen LogP contribution is -2.24. The number of rotatable bonds is 7. The maximum absolute atomic E-state index is 12.3. The van der Waals surface area contributed by atoms with Gasteiger partial charge in [-0.1, -0.05) is 30.0 Å². The lowest BCUT2D eigenvalue weighted by molar-refractivity contribution is 0.0857. The van der Waals surface area contributed by atoms with Crippen molar-refractivity contribution in [1.29, 1.82) is 0 Å². The fourth-order valence-electron chi connectivity index (χ4n) is 3.35. The second-order valence-corrected chi connectivity index (χ2v) is 8.88. The number of fused-ring (bicyclic) bond motifs is 1. The summed E-state index contributed by atoms with van der Waals surface area (Å²) in [5, 5.41) is 8.26. The van der Waals surface area contributed by atoms with E-state index in [9.17, 15) is 9.59 Å². The Morgan fingerprint density at radius 3 is 2.63 bits per heavy atom. The van der Waals surface area contributed by atoms with Crippen LogP contribution >= 0.6 is 11.8 Å². The Kier molecular flexibility index (Phi) is 7.47. The van der Waals surface area contributed by atoms with Crippen LogP contribution in [0, 0.1) is 0 Å². The van der Waals surface area contributed by atoms with E-state index in [1.54, 1.807) is 38.1 Å². The van der Waals surface area contributed by atoms with Crippen LogP contribution in [0.5, 0.6) is 0 Å². The van der Waals surface area contributed by atoms with E-state index in [4.69, 9.17) is 4.74 Å². The van der Waals surface area contributed by atoms with Gasteiger partial charge in [-0.15, -0.1) is 0 Å². The maximum Gasteiger partial charge on any atom is 0.411 e. The molecule has 0 aliphatic carbocycles. The van der Waals surface area contributed by atoms with Crippen molar-refractivity contribution in [1.82, 2.24) is 25.0 Å². The fraction of sp³-hybridized carbons (Fsp3) is 0.154. The molecule has 0 atom stereocenters. The predicted molar refractivity (Wildman–Crippen MR) is 137 cm³/mol. The smallest absolute Gasteiger partial charge is 0.411 e. The molecule has 0 bridgehead atoms. The van der Waals surface area contributed by atoms with Gasteiger partial charge in [-0.3, -0.25) is 9.78 Å². The van der Waals surface area contributed by atoms with E-state index in [0.717, 1.165) is 32.1 Å². The first-order valence-corrected chi connectivity index (χ1v) is 11.7. The number of hydrogen-bond acceptors (Lipinski definition) is 6. The highest BCUT2D eigenvalue weighted by molar-refractivity contribution is 7.99. The van der Waals surface area contributed by atoms with E-state index in [0.29, 0.717) is 5.56 Å². The summed E-state index contributed by atoms with van der Waals surface area (Å²) < 4.78 is 7.04. The zero-order valence-electron chi connectivity index (χ0n) is 19.6. The molecule has 4 rings (SSSR count). The first-order valence-electron chi connectivity index (χ1n) is 10.9. The molecule has 0 aliphatic heterocycles. The molecule has 2 aromatic heterocycles. The van der Waals surface area contributed by atoms with Gasteiger partial charge >= 0.3 is 6.09 Å². The van der Waals surface area contributed by atoms with Crippen molar-refractivity contribution < 1.29 is 14.3 Å². The van der Waals surface area contributed by atoms with Crippen LogP contribution in [0.3, 0.4) is 0 Å². The highest BCUT2D eigenvalue weighted by Gasteiger charge is 2.15. The van der Waals surface area contributed by atoms with E-state index in [1.165, 1.54) is 16.7 Å². The minimum absolute atomic E-state index is 0.0338. The molecular formula is C26H25N5O3S. The molecule has 1 N–H and O–H groups in total. The standard InChI is InChI=1S/C26H25N5O3S/c1-27-25(32)21-9-4-5-10-24(21)35-19-12-13-20-22(14-11-18-8-6-7-15-28-18)29-31(23(20)16-19)17-34-26(33)30(2)3/h4-16H,17H2,1-3H3,(H,27,32)/b14-11+. The first kappa shape index (κ1) is 24.0. The average Bonchev–Trinajstić information content (AvgIpc) is 3.23. The Bertz CT molecular complexity index is 1380. The third-order valence-corrected chi connectivity index (χ3v) is 6.18. The number of nitrogens with zero attached hydrogens (tertiary/aromatic N) is 4. The van der Waals surface area contributed by atoms with Crippen molar-refractivity contribution in [2.75, 3.05) is 21.1 Å². The lowest BCUT2D eigenvalue weighted by atomic mass is 10.2. The molecule has 8 nitrogen and oxygen atoms in total. The van der Waals surface area contributed by atoms with Crippen LogP contribution in [0.25, 0.3) is 23.1 Å². The summed E-state index contributed by atoms with van der Waals surface area (Å²) in [7, 11) is 4.87. The van der Waals surface area contributed by atoms with Gasteiger partial charge in [0.25, 0.3) is 5.91 Å². The van der Waals surface area contributed by atoms with Gasteiger partial charge in [0.05, 0.1) is 22.5 Å². The number of carbonyl (C=O) groups excluding carboxylic acids is 2. The van der Waals surface area contributed by atoms with E-state index in [-0.39, 0.29) is 12.6 Å². The molecule has 0 aliphatic rings. The van der Waals surface area contributed by atoms with E-state index < -0.39 is 6.09 Å². The molecule has 9 heteroatoms. The van der Waals surface area contributed by atoms with Crippen LogP contribution in [0.4, 0.5) is 4.79 Å². The number of hydrogen-bond donors (Lipinski definition) is 1. The summed E-state index contributed by atoms with van der Waals surface area (Å²) in [4.78, 5) is 31.7. The van der Waals surface area contributed by atoms with Crippen LogP contribution in [0.2, 0.25) is 0 Å². The monoisotopic (exact) mass is 487 g/mol. The molecule has 0 saturated carbocycles. The molecule has 0 unspecified atom stereocenters. The minimum atomic E-state index is -0.454. The Balaban J connectivity index is 1.70. The topological polar surface area (TPSA) is 89.4 Å². The molecule has 0 spiro atoms. The number of benzene rings is 2. The quantitative estimate of drug-likeness (QED) is 0.404. The van der Waals surface area contributed by atoms with Gasteiger partial charge in [-0.05, 0) is 54.6 Å². The third kappa shape index (κ3) is 5.70. The number of pyridine rings is 1. The lowest BCUT2D eigenvalue weighted by Gasteiger charge is -2.12. The average molecular weight is 488 g/mol. The Morgan fingerprint density at radius 1 is 1.09 bits per heavy atom. The summed E-state index contributed by atoms with van der Waals surface area (Å²) in [6.07, 6.45) is 5.06. The predicted octanol–water partition coefficient (Wildman–Crippen LogP) is 4.77. The van der Waals surface area contributed by atoms with E-state index in [1.807, 2.05) is 66.7 Å². The van der Waals surface area contributed by atoms with Crippen molar-refractivity contribution in [2.24, 2.45) is 0 Å². The summed E-state index contributed by atoms with van der Waals surface area (Å²) in [6.45, 7) is -0.0338. The van der Waals surface area contributed by atoms with Crippen molar-refractivity contribution >= 4 is 46.8 Å². The summed E-state index contributed by atoms with van der Waals surface area (Å²) >= 11 is 1.48. The van der Waals surface area contributed by atoms with Gasteiger partial charge in [0.2, 0.25) is 0 Å². The molecule has 0 saturated heterocycles. The second kappa shape index (κ2) is 10.9. The van der Waals surface area contributed by atoms with Crippen molar-refractivity contribution in [3.8, 4) is 0 Å². The highest BCUT2D eigenvalue weighted by Crippen LogP contribution is 2.33. The van der Waals surface area contributed by atoms with E-state index >= 15 is 0 Å². The Labute approximate surface area is 207 Å². The van der Waals surface area contributed by atoms with Crippen LogP contribution in [-0.4, -0.2) is 52.8 Å². The molecule has 0 fully saturated rings. The largest absolute Gasteiger partial charge is 0.426 e. The Hall–Kier alpha value is -4.11. The number of aromatic nitrogens is 3. The first-order chi connectivity index (χ1) is 17.0. The van der Waals surface area contributed by atoms with Crippen molar-refractivity contribution in [3.63, 3.8) is 0 Å². The molecule has 2 heterocycles. The van der Waals surface area contributed by atoms with Gasteiger partial charge < -0.3 is 15.0 Å². The zero-order valence-corrected chi connectivity index (χ0v) is 20.5. The summed E-state index contributed by atoms with van der Waals surface area (Å²) in [5.74, 6) is -0.142. The molecule has 0 radical (unpaired) electrons. The summed E-state index contributed by atoms with van der Waals surface area (Å²) in [6, 6.07) is 19.1. The van der Waals surface area contributed by atoms with E-state index in [2.05, 4.69) is 15.4 Å². The third-order valence-electron chi connectivity index (χ3n) is 5.11. The van der Waals surface area contributed by atoms with Gasteiger partial charge in [-0.25, -0.2) is 9.48 Å². The van der Waals surface area contributed by atoms with Crippen LogP contribution < -0.4 is 5.32 Å². The second-order valence-electron chi connectivity index (χ2n) is 7.76. The minimum Gasteiger partial charge on any atom is -0.426 e. The SMILES string of the molecule is CNC(=O)c1ccccc1Sc1ccc2c(/C=C/c3ccccn3)nn(COC(=O)N(C)C)c2c1. The molecule has 2 amide bonds. The van der Waals surface area contributed by atoms with Gasteiger partial charge in [0.1, 0.15) is 0 Å². The number of carbonyl (C=O) groups is 2. The molecule has 178 valence electrons. The van der Waals surface area contributed by atoms with Crippen molar-refractivity contribution in [2.45, 2.75) is 16.5 Å².